The lowest BCUT2D eigenvalue weighted by molar-refractivity contribution is -0.941. The number of benzene rings is 1. The molecule has 1 rings (SSSR count). The highest BCUT2D eigenvalue weighted by molar-refractivity contribution is 7.85. The number of rotatable bonds is 51. The molecule has 0 aliphatic heterocycles. The summed E-state index contributed by atoms with van der Waals surface area (Å²) in [7, 11) is -4.47. The molecule has 0 saturated carbocycles. The van der Waals surface area contributed by atoms with Gasteiger partial charge in [0.05, 0.1) is 24.5 Å². The van der Waals surface area contributed by atoms with E-state index in [9.17, 15) is 13.0 Å². The zero-order valence-corrected chi connectivity index (χ0v) is 43.9. The molecule has 0 radical (unpaired) electrons. The third kappa shape index (κ3) is 38.9. The molecular formula is C58H111NO3S. The maximum absolute atomic E-state index is 12.1. The third-order valence-corrected chi connectivity index (χ3v) is 15.2. The van der Waals surface area contributed by atoms with Gasteiger partial charge in [-0.1, -0.05) is 283 Å². The Bertz CT molecular complexity index is 1100. The normalized spacial score (nSPS) is 12.2. The predicted octanol–water partition coefficient (Wildman–Crippen LogP) is 19.5. The van der Waals surface area contributed by atoms with Crippen molar-refractivity contribution in [2.45, 2.75) is 321 Å². The highest BCUT2D eigenvalue weighted by Crippen LogP contribution is 2.25. The minimum atomic E-state index is -4.47. The summed E-state index contributed by atoms with van der Waals surface area (Å²) in [4.78, 5) is -0.0657. The standard InChI is InChI=1S/C58H111NO3S/c1-4-7-10-13-16-19-22-25-28-31-34-37-40-43-46-52-59(56-57-50-49-51-58(55-57)63(60,61)62,53-47-44-41-38-35-32-29-26-23-20-17-14-11-8-5-2)54-48-45-42-39-36-33-30-27-24-21-18-15-12-9-6-3/h49-51,55H,4-48,52-54,56H2,1-3H3. The SMILES string of the molecule is CCCCCCCCCCCCCCCCC[N+](CCCCCCCCCCCCCCCCC)(CCCCCCCCCCCCCCCCC)Cc1cccc(S(=O)(=O)[O-])c1. The molecule has 4 nitrogen and oxygen atoms in total. The number of quaternary nitrogens is 1. The average molecular weight is 903 g/mol. The van der Waals surface area contributed by atoms with Gasteiger partial charge in [0, 0.05) is 5.56 Å². The Balaban J connectivity index is 2.67. The van der Waals surface area contributed by atoms with Crippen LogP contribution in [-0.4, -0.2) is 37.1 Å². The van der Waals surface area contributed by atoms with Crippen molar-refractivity contribution in [1.29, 1.82) is 0 Å². The van der Waals surface area contributed by atoms with E-state index in [0.29, 0.717) is 0 Å². The van der Waals surface area contributed by atoms with Gasteiger partial charge in [-0.25, -0.2) is 8.42 Å². The van der Waals surface area contributed by atoms with Crippen LogP contribution < -0.4 is 0 Å². The molecule has 0 unspecified atom stereocenters. The Labute approximate surface area is 396 Å². The van der Waals surface area contributed by atoms with E-state index in [0.717, 1.165) is 16.6 Å². The summed E-state index contributed by atoms with van der Waals surface area (Å²) in [6.07, 6.45) is 62.2. The van der Waals surface area contributed by atoms with E-state index in [4.69, 9.17) is 0 Å². The fourth-order valence-electron chi connectivity index (χ4n) is 10.2. The van der Waals surface area contributed by atoms with Crippen molar-refractivity contribution in [2.75, 3.05) is 19.6 Å². The van der Waals surface area contributed by atoms with Crippen molar-refractivity contribution in [3.05, 3.63) is 29.8 Å². The van der Waals surface area contributed by atoms with Gasteiger partial charge in [0.2, 0.25) is 0 Å². The van der Waals surface area contributed by atoms with Crippen LogP contribution in [0.5, 0.6) is 0 Å². The second kappa shape index (κ2) is 44.9. The maximum Gasteiger partial charge on any atom is 0.124 e. The van der Waals surface area contributed by atoms with Gasteiger partial charge in [-0.15, -0.1) is 0 Å². The topological polar surface area (TPSA) is 57.2 Å². The zero-order chi connectivity index (χ0) is 45.6. The molecule has 0 aliphatic carbocycles. The van der Waals surface area contributed by atoms with Gasteiger partial charge in [0.25, 0.3) is 0 Å². The molecule has 0 amide bonds. The third-order valence-electron chi connectivity index (χ3n) is 14.4. The molecule has 0 aliphatic rings. The van der Waals surface area contributed by atoms with E-state index in [2.05, 4.69) is 26.8 Å². The van der Waals surface area contributed by atoms with Crippen molar-refractivity contribution in [3.63, 3.8) is 0 Å². The molecule has 0 fully saturated rings. The number of unbranched alkanes of at least 4 members (excludes halogenated alkanes) is 42. The monoisotopic (exact) mass is 902 g/mol. The molecule has 0 bridgehead atoms. The summed E-state index contributed by atoms with van der Waals surface area (Å²) < 4.78 is 37.3. The van der Waals surface area contributed by atoms with Crippen molar-refractivity contribution < 1.29 is 17.5 Å². The van der Waals surface area contributed by atoms with Crippen LogP contribution in [0.25, 0.3) is 0 Å². The van der Waals surface area contributed by atoms with Gasteiger partial charge in [0.15, 0.2) is 0 Å². The summed E-state index contributed by atoms with van der Waals surface area (Å²) >= 11 is 0. The Morgan fingerprint density at radius 2 is 0.571 bits per heavy atom. The molecule has 1 aromatic rings. The van der Waals surface area contributed by atoms with Gasteiger partial charge in [-0.05, 0) is 50.7 Å². The van der Waals surface area contributed by atoms with Gasteiger partial charge < -0.3 is 9.04 Å². The predicted molar refractivity (Wildman–Crippen MR) is 278 cm³/mol. The first-order chi connectivity index (χ1) is 30.9. The van der Waals surface area contributed by atoms with Crippen molar-refractivity contribution in [2.24, 2.45) is 0 Å². The Morgan fingerprint density at radius 3 is 0.794 bits per heavy atom. The van der Waals surface area contributed by atoms with Crippen LogP contribution in [0.2, 0.25) is 0 Å². The van der Waals surface area contributed by atoms with E-state index in [1.54, 1.807) is 12.1 Å². The van der Waals surface area contributed by atoms with Crippen LogP contribution in [0.3, 0.4) is 0 Å². The summed E-state index contributed by atoms with van der Waals surface area (Å²) in [6, 6.07) is 7.05. The largest absolute Gasteiger partial charge is 0.744 e. The number of nitrogens with zero attached hydrogens (tertiary/aromatic N) is 1. The molecule has 372 valence electrons. The summed E-state index contributed by atoms with van der Waals surface area (Å²) in [6.45, 7) is 11.3. The van der Waals surface area contributed by atoms with Gasteiger partial charge >= 0.3 is 0 Å². The molecule has 0 heterocycles. The number of hydrogen-bond donors (Lipinski definition) is 0. The van der Waals surface area contributed by atoms with E-state index in [-0.39, 0.29) is 4.90 Å². The minimum absolute atomic E-state index is 0.0657. The lowest BCUT2D eigenvalue weighted by Crippen LogP contribution is -2.49. The van der Waals surface area contributed by atoms with E-state index in [1.165, 1.54) is 315 Å². The lowest BCUT2D eigenvalue weighted by Gasteiger charge is -2.40. The van der Waals surface area contributed by atoms with E-state index < -0.39 is 10.1 Å². The van der Waals surface area contributed by atoms with Crippen LogP contribution in [-0.2, 0) is 16.7 Å². The van der Waals surface area contributed by atoms with Crippen LogP contribution in [0.15, 0.2) is 29.2 Å². The summed E-state index contributed by atoms with van der Waals surface area (Å²) in [5.74, 6) is 0. The molecular weight excluding hydrogens is 791 g/mol. The first kappa shape index (κ1) is 60.1. The first-order valence-electron chi connectivity index (χ1n) is 28.8. The molecule has 5 heteroatoms. The molecule has 0 spiro atoms. The summed E-state index contributed by atoms with van der Waals surface area (Å²) in [5.41, 5.74) is 1.02. The Morgan fingerprint density at radius 1 is 0.349 bits per heavy atom. The molecule has 0 atom stereocenters. The average Bonchev–Trinajstić information content (AvgIpc) is 3.27. The smallest absolute Gasteiger partial charge is 0.124 e. The second-order valence-corrected chi connectivity index (χ2v) is 22.0. The molecule has 0 aromatic heterocycles. The van der Waals surface area contributed by atoms with Crippen molar-refractivity contribution >= 4 is 10.1 Å². The van der Waals surface area contributed by atoms with E-state index in [1.807, 2.05) is 0 Å². The van der Waals surface area contributed by atoms with Gasteiger partial charge in [-0.3, -0.25) is 0 Å². The summed E-state index contributed by atoms with van der Waals surface area (Å²) in [5, 5.41) is 0. The molecule has 0 N–H and O–H groups in total. The van der Waals surface area contributed by atoms with Gasteiger partial charge in [0.1, 0.15) is 16.7 Å². The number of hydrogen-bond acceptors (Lipinski definition) is 3. The van der Waals surface area contributed by atoms with Crippen molar-refractivity contribution in [1.82, 2.24) is 0 Å². The van der Waals surface area contributed by atoms with Gasteiger partial charge in [-0.2, -0.15) is 0 Å². The highest BCUT2D eigenvalue weighted by atomic mass is 32.2. The Hall–Kier alpha value is -0.910. The molecule has 0 saturated heterocycles. The second-order valence-electron chi connectivity index (χ2n) is 20.6. The lowest BCUT2D eigenvalue weighted by atomic mass is 10.0. The van der Waals surface area contributed by atoms with Crippen LogP contribution in [0, 0.1) is 0 Å². The van der Waals surface area contributed by atoms with E-state index >= 15 is 0 Å². The zero-order valence-electron chi connectivity index (χ0n) is 43.0. The highest BCUT2D eigenvalue weighted by Gasteiger charge is 2.27. The van der Waals surface area contributed by atoms with Crippen LogP contribution >= 0.6 is 0 Å². The molecule has 1 aromatic carbocycles. The van der Waals surface area contributed by atoms with Crippen LogP contribution in [0.4, 0.5) is 0 Å². The first-order valence-corrected chi connectivity index (χ1v) is 30.2. The fraction of sp³-hybridized carbons (Fsp3) is 0.897. The molecule has 63 heavy (non-hydrogen) atoms. The minimum Gasteiger partial charge on any atom is -0.744 e. The quantitative estimate of drug-likeness (QED) is 0.0372. The van der Waals surface area contributed by atoms with Crippen molar-refractivity contribution in [3.8, 4) is 0 Å². The fourth-order valence-corrected chi connectivity index (χ4v) is 10.8. The maximum atomic E-state index is 12.1. The Kier molecular flexibility index (Phi) is 42.8. The van der Waals surface area contributed by atoms with Crippen LogP contribution in [0.1, 0.15) is 315 Å².